The van der Waals surface area contributed by atoms with Gasteiger partial charge in [-0.3, -0.25) is 0 Å². The van der Waals surface area contributed by atoms with Crippen molar-refractivity contribution in [2.24, 2.45) is 0 Å². The minimum absolute atomic E-state index is 0.0384. The van der Waals surface area contributed by atoms with Crippen molar-refractivity contribution in [1.29, 1.82) is 0 Å². The average molecular weight is 487 g/mol. The lowest BCUT2D eigenvalue weighted by atomic mass is 9.95. The number of ether oxygens (including phenoxy) is 2. The van der Waals surface area contributed by atoms with E-state index in [4.69, 9.17) is 16.0 Å². The quantitative estimate of drug-likeness (QED) is 0.204. The maximum Gasteiger partial charge on any atom is 0.534 e. The molecule has 0 saturated carbocycles. The summed E-state index contributed by atoms with van der Waals surface area (Å²) in [7, 11) is -6.09. The van der Waals surface area contributed by atoms with Crippen molar-refractivity contribution in [3.63, 3.8) is 0 Å². The molecular weight excluding hydrogens is 463 g/mol. The predicted molar refractivity (Wildman–Crippen MR) is 115 cm³/mol. The number of benzene rings is 2. The Morgan fingerprint density at radius 1 is 1.18 bits per heavy atom. The molecule has 7 nitrogen and oxygen atoms in total. The number of carbonyl (C=O) groups is 1. The van der Waals surface area contributed by atoms with Crippen molar-refractivity contribution in [2.75, 3.05) is 6.61 Å². The van der Waals surface area contributed by atoms with Crippen LogP contribution in [0.25, 0.3) is 15.6 Å². The predicted octanol–water partition coefficient (Wildman–Crippen LogP) is 5.74. The summed E-state index contributed by atoms with van der Waals surface area (Å²) in [6, 6.07) is 5.46. The van der Waals surface area contributed by atoms with Gasteiger partial charge in [0.1, 0.15) is 0 Å². The van der Waals surface area contributed by atoms with E-state index in [0.29, 0.717) is 6.42 Å². The number of alkyl halides is 3. The number of fused-ring (bicyclic) bond motifs is 1. The van der Waals surface area contributed by atoms with Gasteiger partial charge in [0.2, 0.25) is 0 Å². The van der Waals surface area contributed by atoms with E-state index in [9.17, 15) is 26.4 Å². The molecule has 2 rings (SSSR count). The molecule has 0 heterocycles. The highest BCUT2D eigenvalue weighted by Crippen LogP contribution is 2.43. The van der Waals surface area contributed by atoms with Crippen molar-refractivity contribution >= 4 is 32.5 Å². The lowest BCUT2D eigenvalue weighted by Crippen LogP contribution is -2.33. The van der Waals surface area contributed by atoms with Gasteiger partial charge < -0.3 is 13.7 Å². The number of hydrogen-bond donors (Lipinski definition) is 0. The Balaban J connectivity index is 2.92. The van der Waals surface area contributed by atoms with E-state index in [1.54, 1.807) is 27.7 Å². The standard InChI is InChI=1S/C22H24F3NO6S/c1-7-21(4,5)31-19(20(27)30-8-2)17-13(3)11-14-12-15(26-6)9-10-16(14)18(17)32-33(28,29)22(23,24)25/h9-12,19H,7-8H2,1-5H3/t19-/m0/s1. The van der Waals surface area contributed by atoms with Gasteiger partial charge in [-0.1, -0.05) is 25.1 Å². The number of esters is 1. The number of rotatable bonds is 8. The highest BCUT2D eigenvalue weighted by Gasteiger charge is 2.49. The van der Waals surface area contributed by atoms with E-state index < -0.39 is 39.1 Å². The summed E-state index contributed by atoms with van der Waals surface area (Å²) in [4.78, 5) is 16.1. The van der Waals surface area contributed by atoms with Gasteiger partial charge in [-0.2, -0.15) is 21.6 Å². The smallest absolute Gasteiger partial charge is 0.464 e. The monoisotopic (exact) mass is 487 g/mol. The normalized spacial score (nSPS) is 13.4. The summed E-state index contributed by atoms with van der Waals surface area (Å²) in [6.07, 6.45) is -1.13. The fraction of sp³-hybridized carbons (Fsp3) is 0.455. The fourth-order valence-electron chi connectivity index (χ4n) is 3.00. The number of carbonyl (C=O) groups excluding carboxylic acids is 1. The molecule has 1 atom stereocenters. The minimum atomic E-state index is -6.09. The van der Waals surface area contributed by atoms with Crippen LogP contribution in [-0.2, 0) is 24.4 Å². The van der Waals surface area contributed by atoms with Crippen LogP contribution in [0.3, 0.4) is 0 Å². The Morgan fingerprint density at radius 2 is 1.82 bits per heavy atom. The first-order chi connectivity index (χ1) is 15.2. The molecule has 0 aromatic heterocycles. The summed E-state index contributed by atoms with van der Waals surface area (Å²) >= 11 is 0. The molecule has 2 aromatic carbocycles. The van der Waals surface area contributed by atoms with Gasteiger partial charge in [-0.15, -0.1) is 0 Å². The lowest BCUT2D eigenvalue weighted by Gasteiger charge is -2.31. The second-order valence-electron chi connectivity index (χ2n) is 7.80. The largest absolute Gasteiger partial charge is 0.534 e. The molecule has 0 fully saturated rings. The first kappa shape index (κ1) is 26.4. The first-order valence-corrected chi connectivity index (χ1v) is 11.4. The molecule has 0 radical (unpaired) electrons. The number of halogens is 3. The molecule has 0 aliphatic heterocycles. The summed E-state index contributed by atoms with van der Waals surface area (Å²) in [5.41, 5.74) is -6.41. The first-order valence-electron chi connectivity index (χ1n) is 9.97. The molecule has 0 aliphatic carbocycles. The van der Waals surface area contributed by atoms with Gasteiger partial charge in [0.05, 0.1) is 18.8 Å². The van der Waals surface area contributed by atoms with E-state index in [2.05, 4.69) is 9.03 Å². The molecule has 180 valence electrons. The van der Waals surface area contributed by atoms with Crippen LogP contribution in [0.4, 0.5) is 18.9 Å². The molecule has 0 unspecified atom stereocenters. The molecule has 11 heteroatoms. The third-order valence-electron chi connectivity index (χ3n) is 4.98. The second-order valence-corrected chi connectivity index (χ2v) is 9.34. The van der Waals surface area contributed by atoms with Crippen LogP contribution >= 0.6 is 0 Å². The van der Waals surface area contributed by atoms with Gasteiger partial charge in [0, 0.05) is 10.9 Å². The molecule has 0 aliphatic rings. The van der Waals surface area contributed by atoms with Crippen molar-refractivity contribution in [3.05, 3.63) is 46.8 Å². The molecule has 0 spiro atoms. The molecule has 0 amide bonds. The highest BCUT2D eigenvalue weighted by molar-refractivity contribution is 7.88. The molecule has 2 aromatic rings. The van der Waals surface area contributed by atoms with E-state index in [1.807, 2.05) is 0 Å². The van der Waals surface area contributed by atoms with Crippen molar-refractivity contribution < 1.29 is 40.0 Å². The Kier molecular flexibility index (Phi) is 7.66. The zero-order valence-electron chi connectivity index (χ0n) is 18.7. The molecule has 33 heavy (non-hydrogen) atoms. The van der Waals surface area contributed by atoms with Crippen LogP contribution < -0.4 is 4.18 Å². The Labute approximate surface area is 190 Å². The molecule has 0 saturated heterocycles. The second kappa shape index (κ2) is 9.57. The zero-order valence-corrected chi connectivity index (χ0v) is 19.6. The van der Waals surface area contributed by atoms with Crippen LogP contribution in [0.2, 0.25) is 0 Å². The third kappa shape index (κ3) is 5.75. The Hall–Kier alpha value is -2.84. The minimum Gasteiger partial charge on any atom is -0.464 e. The van der Waals surface area contributed by atoms with Crippen molar-refractivity contribution in [3.8, 4) is 5.75 Å². The van der Waals surface area contributed by atoms with Crippen LogP contribution in [0.15, 0.2) is 24.3 Å². The summed E-state index contributed by atoms with van der Waals surface area (Å²) in [5.74, 6) is -1.61. The fourth-order valence-corrected chi connectivity index (χ4v) is 3.49. The van der Waals surface area contributed by atoms with Gasteiger partial charge in [0.15, 0.2) is 17.5 Å². The summed E-state index contributed by atoms with van der Waals surface area (Å²) in [5, 5.41) is 0.220. The Morgan fingerprint density at radius 3 is 2.33 bits per heavy atom. The third-order valence-corrected chi connectivity index (χ3v) is 5.93. The van der Waals surface area contributed by atoms with Crippen LogP contribution in [-0.4, -0.2) is 32.1 Å². The van der Waals surface area contributed by atoms with Gasteiger partial charge in [0.25, 0.3) is 0 Å². The van der Waals surface area contributed by atoms with Gasteiger partial charge in [-0.25, -0.2) is 9.64 Å². The molecular formula is C22H24F3NO6S. The van der Waals surface area contributed by atoms with Gasteiger partial charge >= 0.3 is 21.6 Å². The highest BCUT2D eigenvalue weighted by atomic mass is 32.2. The maximum absolute atomic E-state index is 13.2. The van der Waals surface area contributed by atoms with Crippen LogP contribution in [0, 0.1) is 13.5 Å². The van der Waals surface area contributed by atoms with E-state index in [0.717, 1.165) is 0 Å². The van der Waals surface area contributed by atoms with E-state index >= 15 is 0 Å². The summed E-state index contributed by atoms with van der Waals surface area (Å²) < 4.78 is 79.1. The molecule has 0 N–H and O–H groups in total. The summed E-state index contributed by atoms with van der Waals surface area (Å²) in [6.45, 7) is 15.3. The van der Waals surface area contributed by atoms with Gasteiger partial charge in [-0.05, 0) is 51.1 Å². The van der Waals surface area contributed by atoms with Crippen LogP contribution in [0.1, 0.15) is 51.3 Å². The van der Waals surface area contributed by atoms with Crippen molar-refractivity contribution in [1.82, 2.24) is 0 Å². The van der Waals surface area contributed by atoms with E-state index in [-0.39, 0.29) is 34.2 Å². The zero-order chi connectivity index (χ0) is 25.2. The number of hydrogen-bond acceptors (Lipinski definition) is 6. The Bertz CT molecular complexity index is 1200. The number of nitrogens with zero attached hydrogens (tertiary/aromatic N) is 1. The topological polar surface area (TPSA) is 83.3 Å². The average Bonchev–Trinajstić information content (AvgIpc) is 2.71. The molecule has 0 bridgehead atoms. The number of aryl methyl sites for hydroxylation is 1. The van der Waals surface area contributed by atoms with Crippen LogP contribution in [0.5, 0.6) is 5.75 Å². The lowest BCUT2D eigenvalue weighted by molar-refractivity contribution is -0.168. The van der Waals surface area contributed by atoms with E-state index in [1.165, 1.54) is 31.2 Å². The van der Waals surface area contributed by atoms with Crippen molar-refractivity contribution in [2.45, 2.75) is 58.3 Å². The maximum atomic E-state index is 13.2. The SMILES string of the molecule is [C-]#[N+]c1ccc2c(OS(=O)(=O)C(F)(F)F)c([C@H](OC(C)(C)CC)C(=O)OCC)c(C)cc2c1.